The van der Waals surface area contributed by atoms with E-state index in [0.717, 1.165) is 50.9 Å². The summed E-state index contributed by atoms with van der Waals surface area (Å²) in [7, 11) is 0. The molecule has 2 atom stereocenters. The van der Waals surface area contributed by atoms with Gasteiger partial charge in [0.05, 0.1) is 5.56 Å². The van der Waals surface area contributed by atoms with Crippen molar-refractivity contribution in [3.8, 4) is 0 Å². The SMILES string of the molecule is CC(CCCNCCN)C(=O)NC(CCC1CCCCC1)C(=O)Nc1cccc(C(F)(F)F)c1. The number of alkyl halides is 3. The van der Waals surface area contributed by atoms with E-state index < -0.39 is 23.7 Å². The fraction of sp³-hybridized carbons (Fsp3) is 0.680. The molecule has 0 saturated heterocycles. The minimum absolute atomic E-state index is 0.0655. The highest BCUT2D eigenvalue weighted by atomic mass is 19.4. The first-order valence-corrected chi connectivity index (χ1v) is 12.4. The molecule has 0 aromatic heterocycles. The molecule has 9 heteroatoms. The number of hydrogen-bond acceptors (Lipinski definition) is 4. The maximum Gasteiger partial charge on any atom is 0.416 e. The Morgan fingerprint density at radius 3 is 2.50 bits per heavy atom. The van der Waals surface area contributed by atoms with Crippen LogP contribution in [0, 0.1) is 11.8 Å². The van der Waals surface area contributed by atoms with Gasteiger partial charge in [-0.05, 0) is 56.3 Å². The molecule has 6 nitrogen and oxygen atoms in total. The molecule has 34 heavy (non-hydrogen) atoms. The van der Waals surface area contributed by atoms with Crippen LogP contribution in [0.3, 0.4) is 0 Å². The molecule has 0 bridgehead atoms. The van der Waals surface area contributed by atoms with E-state index in [1.54, 1.807) is 0 Å². The summed E-state index contributed by atoms with van der Waals surface area (Å²) in [6.45, 7) is 3.86. The van der Waals surface area contributed by atoms with Gasteiger partial charge in [0.1, 0.15) is 6.04 Å². The number of hydrogen-bond donors (Lipinski definition) is 4. The van der Waals surface area contributed by atoms with Crippen molar-refractivity contribution < 1.29 is 22.8 Å². The van der Waals surface area contributed by atoms with Gasteiger partial charge in [0.2, 0.25) is 11.8 Å². The van der Waals surface area contributed by atoms with Gasteiger partial charge in [-0.1, -0.05) is 45.1 Å². The molecule has 1 aromatic rings. The highest BCUT2D eigenvalue weighted by Crippen LogP contribution is 2.31. The third kappa shape index (κ3) is 10.0. The average molecular weight is 485 g/mol. The van der Waals surface area contributed by atoms with Crippen LogP contribution in [0.4, 0.5) is 18.9 Å². The van der Waals surface area contributed by atoms with E-state index in [0.29, 0.717) is 25.3 Å². The lowest BCUT2D eigenvalue weighted by Gasteiger charge is -2.25. The van der Waals surface area contributed by atoms with Gasteiger partial charge in [-0.15, -0.1) is 0 Å². The largest absolute Gasteiger partial charge is 0.416 e. The van der Waals surface area contributed by atoms with Crippen LogP contribution in [0.15, 0.2) is 24.3 Å². The van der Waals surface area contributed by atoms with Crippen LogP contribution >= 0.6 is 0 Å². The minimum Gasteiger partial charge on any atom is -0.344 e. The standard InChI is InChI=1S/C25H39F3N4O2/c1-18(7-6-15-30-16-14-29)23(33)32-22(13-12-19-8-3-2-4-9-19)24(34)31-21-11-5-10-20(17-21)25(26,27)28/h5,10-11,17-19,22,30H,2-4,6-9,12-16,29H2,1H3,(H,31,34)(H,32,33). The Labute approximate surface area is 200 Å². The molecule has 1 aliphatic carbocycles. The second-order valence-electron chi connectivity index (χ2n) is 9.29. The van der Waals surface area contributed by atoms with Crippen LogP contribution in [0.25, 0.3) is 0 Å². The van der Waals surface area contributed by atoms with Gasteiger partial charge in [0.25, 0.3) is 0 Å². The van der Waals surface area contributed by atoms with Crippen LogP contribution in [-0.4, -0.2) is 37.5 Å². The highest BCUT2D eigenvalue weighted by Gasteiger charge is 2.31. The predicted octanol–water partition coefficient (Wildman–Crippen LogP) is 4.45. The van der Waals surface area contributed by atoms with Crippen molar-refractivity contribution in [3.63, 3.8) is 0 Å². The van der Waals surface area contributed by atoms with Crippen LogP contribution in [0.5, 0.6) is 0 Å². The zero-order chi connectivity index (χ0) is 25.0. The zero-order valence-electron chi connectivity index (χ0n) is 20.1. The number of amides is 2. The van der Waals surface area contributed by atoms with Gasteiger partial charge in [-0.3, -0.25) is 9.59 Å². The van der Waals surface area contributed by atoms with Crippen LogP contribution in [0.2, 0.25) is 0 Å². The monoisotopic (exact) mass is 484 g/mol. The normalized spacial score (nSPS) is 16.6. The summed E-state index contributed by atoms with van der Waals surface area (Å²) >= 11 is 0. The van der Waals surface area contributed by atoms with Crippen molar-refractivity contribution in [1.82, 2.24) is 10.6 Å². The molecule has 0 spiro atoms. The number of rotatable bonds is 13. The summed E-state index contributed by atoms with van der Waals surface area (Å²) in [5.41, 5.74) is 4.69. The number of nitrogens with two attached hydrogens (primary N) is 1. The molecule has 192 valence electrons. The van der Waals surface area contributed by atoms with Crippen molar-refractivity contribution in [2.45, 2.75) is 76.9 Å². The van der Waals surface area contributed by atoms with E-state index in [2.05, 4.69) is 16.0 Å². The Kier molecular flexibility index (Phi) is 11.8. The van der Waals surface area contributed by atoms with Gasteiger partial charge in [0.15, 0.2) is 0 Å². The molecule has 0 radical (unpaired) electrons. The van der Waals surface area contributed by atoms with Crippen LogP contribution in [-0.2, 0) is 15.8 Å². The molecule has 1 fully saturated rings. The van der Waals surface area contributed by atoms with Crippen molar-refractivity contribution in [3.05, 3.63) is 29.8 Å². The Hall–Kier alpha value is -2.13. The summed E-state index contributed by atoms with van der Waals surface area (Å²) in [5, 5.41) is 8.62. The van der Waals surface area contributed by atoms with Crippen molar-refractivity contribution in [1.29, 1.82) is 0 Å². The fourth-order valence-electron chi connectivity index (χ4n) is 4.36. The number of anilines is 1. The summed E-state index contributed by atoms with van der Waals surface area (Å²) < 4.78 is 39.1. The second-order valence-corrected chi connectivity index (χ2v) is 9.29. The molecule has 2 unspecified atom stereocenters. The maximum absolute atomic E-state index is 13.0. The topological polar surface area (TPSA) is 96.2 Å². The summed E-state index contributed by atoms with van der Waals surface area (Å²) in [6.07, 6.45) is 4.04. The zero-order valence-corrected chi connectivity index (χ0v) is 20.1. The summed E-state index contributed by atoms with van der Waals surface area (Å²) in [6, 6.07) is 3.76. The lowest BCUT2D eigenvalue weighted by molar-refractivity contribution is -0.137. The van der Waals surface area contributed by atoms with Crippen molar-refractivity contribution in [2.24, 2.45) is 17.6 Å². The first-order chi connectivity index (χ1) is 16.2. The number of nitrogens with one attached hydrogen (secondary N) is 3. The molecule has 0 heterocycles. The molecule has 2 amide bonds. The molecule has 5 N–H and O–H groups in total. The number of halogens is 3. The molecule has 2 rings (SSSR count). The maximum atomic E-state index is 13.0. The lowest BCUT2D eigenvalue weighted by atomic mass is 9.85. The predicted molar refractivity (Wildman–Crippen MR) is 128 cm³/mol. The first-order valence-electron chi connectivity index (χ1n) is 12.4. The van der Waals surface area contributed by atoms with Gasteiger partial charge in [-0.2, -0.15) is 13.2 Å². The molecular formula is C25H39F3N4O2. The summed E-state index contributed by atoms with van der Waals surface area (Å²) in [5.74, 6) is -0.467. The third-order valence-corrected chi connectivity index (χ3v) is 6.44. The highest BCUT2D eigenvalue weighted by molar-refractivity contribution is 5.97. The van der Waals surface area contributed by atoms with Crippen LogP contribution in [0.1, 0.15) is 70.3 Å². The van der Waals surface area contributed by atoms with E-state index in [1.807, 2.05) is 6.92 Å². The average Bonchev–Trinajstić information content (AvgIpc) is 2.81. The fourth-order valence-corrected chi connectivity index (χ4v) is 4.36. The van der Waals surface area contributed by atoms with E-state index >= 15 is 0 Å². The Balaban J connectivity index is 1.99. The van der Waals surface area contributed by atoms with Gasteiger partial charge in [-0.25, -0.2) is 0 Å². The van der Waals surface area contributed by atoms with E-state index in [9.17, 15) is 22.8 Å². The number of carbonyl (C=O) groups excluding carboxylic acids is 2. The Morgan fingerprint density at radius 1 is 1.09 bits per heavy atom. The van der Waals surface area contributed by atoms with E-state index in [1.165, 1.54) is 31.4 Å². The Bertz CT molecular complexity index is 767. The number of benzene rings is 1. The van der Waals surface area contributed by atoms with Gasteiger partial charge < -0.3 is 21.7 Å². The molecular weight excluding hydrogens is 445 g/mol. The molecule has 1 aromatic carbocycles. The van der Waals surface area contributed by atoms with Crippen molar-refractivity contribution in [2.75, 3.05) is 25.0 Å². The minimum atomic E-state index is -4.50. The van der Waals surface area contributed by atoms with Gasteiger partial charge >= 0.3 is 6.18 Å². The third-order valence-electron chi connectivity index (χ3n) is 6.44. The Morgan fingerprint density at radius 2 is 1.82 bits per heavy atom. The smallest absolute Gasteiger partial charge is 0.344 e. The molecule has 1 saturated carbocycles. The van der Waals surface area contributed by atoms with E-state index in [-0.39, 0.29) is 17.5 Å². The van der Waals surface area contributed by atoms with Crippen LogP contribution < -0.4 is 21.7 Å². The summed E-state index contributed by atoms with van der Waals surface area (Å²) in [4.78, 5) is 25.8. The lowest BCUT2D eigenvalue weighted by Crippen LogP contribution is -2.46. The van der Waals surface area contributed by atoms with Gasteiger partial charge in [0, 0.05) is 24.7 Å². The quantitative estimate of drug-likeness (QED) is 0.311. The molecule has 1 aliphatic rings. The van der Waals surface area contributed by atoms with E-state index in [4.69, 9.17) is 5.73 Å². The first kappa shape index (κ1) is 28.1. The number of carbonyl (C=O) groups is 2. The molecule has 0 aliphatic heterocycles. The second kappa shape index (κ2) is 14.3. The van der Waals surface area contributed by atoms with Crippen molar-refractivity contribution >= 4 is 17.5 Å².